The third kappa shape index (κ3) is 2.13. The SMILES string of the molecule is [2H]C([2H])([2H])C([2H])(C)c1ccc(-c2ccccn2)c(C)c1. The first-order chi connectivity index (χ1) is 9.23. The lowest BCUT2D eigenvalue weighted by Gasteiger charge is -2.10. The number of pyridine rings is 1. The highest BCUT2D eigenvalue weighted by Crippen LogP contribution is 2.24. The fourth-order valence-corrected chi connectivity index (χ4v) is 1.71. The zero-order chi connectivity index (χ0) is 15.0. The van der Waals surface area contributed by atoms with Crippen molar-refractivity contribution in [3.63, 3.8) is 0 Å². The van der Waals surface area contributed by atoms with Crippen molar-refractivity contribution in [2.45, 2.75) is 26.6 Å². The monoisotopic (exact) mass is 215 g/mol. The van der Waals surface area contributed by atoms with Gasteiger partial charge in [0, 0.05) is 17.2 Å². The lowest BCUT2D eigenvalue weighted by Crippen LogP contribution is -1.91. The van der Waals surface area contributed by atoms with E-state index < -0.39 is 12.7 Å². The van der Waals surface area contributed by atoms with Crippen LogP contribution >= 0.6 is 0 Å². The van der Waals surface area contributed by atoms with Gasteiger partial charge in [0.25, 0.3) is 0 Å². The molecular weight excluding hydrogens is 194 g/mol. The molecule has 0 spiro atoms. The molecule has 0 bridgehead atoms. The summed E-state index contributed by atoms with van der Waals surface area (Å²) in [5.41, 5.74) is 3.21. The number of benzene rings is 1. The van der Waals surface area contributed by atoms with Crippen molar-refractivity contribution in [2.24, 2.45) is 0 Å². The minimum absolute atomic E-state index is 0.495. The van der Waals surface area contributed by atoms with E-state index in [9.17, 15) is 0 Å². The van der Waals surface area contributed by atoms with Crippen LogP contribution in [0.5, 0.6) is 0 Å². The van der Waals surface area contributed by atoms with Gasteiger partial charge in [-0.2, -0.15) is 0 Å². The van der Waals surface area contributed by atoms with Crippen LogP contribution in [-0.2, 0) is 0 Å². The number of hydrogen-bond donors (Lipinski definition) is 0. The standard InChI is InChI=1S/C15H17N/c1-11(2)13-7-8-14(12(3)10-13)15-6-4-5-9-16-15/h4-11H,1-3H3/i1D3,11D. The zero-order valence-electron chi connectivity index (χ0n) is 13.5. The van der Waals surface area contributed by atoms with E-state index in [2.05, 4.69) is 4.98 Å². The number of aryl methyl sites for hydroxylation is 1. The van der Waals surface area contributed by atoms with E-state index in [1.807, 2.05) is 31.2 Å². The van der Waals surface area contributed by atoms with Crippen molar-refractivity contribution in [1.82, 2.24) is 4.98 Å². The van der Waals surface area contributed by atoms with Gasteiger partial charge in [-0.05, 0) is 36.1 Å². The van der Waals surface area contributed by atoms with Gasteiger partial charge in [0.2, 0.25) is 0 Å². The average Bonchev–Trinajstić information content (AvgIpc) is 2.38. The summed E-state index contributed by atoms with van der Waals surface area (Å²) in [6, 6.07) is 11.0. The molecule has 0 aliphatic rings. The first kappa shape index (κ1) is 6.85. The maximum atomic E-state index is 8.11. The Labute approximate surface area is 103 Å². The molecule has 0 radical (unpaired) electrons. The fraction of sp³-hybridized carbons (Fsp3) is 0.267. The molecule has 1 heteroatoms. The maximum absolute atomic E-state index is 8.11. The van der Waals surface area contributed by atoms with Gasteiger partial charge in [-0.1, -0.05) is 38.0 Å². The molecule has 0 fully saturated rings. The summed E-state index contributed by atoms with van der Waals surface area (Å²) in [6.45, 7) is 0.976. The van der Waals surface area contributed by atoms with Crippen LogP contribution < -0.4 is 0 Å². The number of rotatable bonds is 2. The van der Waals surface area contributed by atoms with E-state index in [4.69, 9.17) is 5.48 Å². The molecule has 0 aliphatic carbocycles. The first-order valence-electron chi connectivity index (χ1n) is 7.26. The molecule has 1 nitrogen and oxygen atoms in total. The molecule has 1 heterocycles. The summed E-state index contributed by atoms with van der Waals surface area (Å²) in [5.74, 6) is -1.61. The van der Waals surface area contributed by atoms with Crippen LogP contribution in [0, 0.1) is 6.92 Å². The lowest BCUT2D eigenvalue weighted by molar-refractivity contribution is 0.865. The fourth-order valence-electron chi connectivity index (χ4n) is 1.71. The summed E-state index contributed by atoms with van der Waals surface area (Å²) in [6.07, 6.45) is 1.72. The van der Waals surface area contributed by atoms with Gasteiger partial charge in [-0.25, -0.2) is 0 Å². The third-order valence-electron chi connectivity index (χ3n) is 2.60. The largest absolute Gasteiger partial charge is 0.256 e. The Bertz CT molecular complexity index is 603. The molecule has 2 aromatic rings. The van der Waals surface area contributed by atoms with Crippen molar-refractivity contribution in [3.05, 3.63) is 53.7 Å². The molecule has 1 atom stereocenters. The van der Waals surface area contributed by atoms with E-state index in [1.165, 1.54) is 6.92 Å². The Hall–Kier alpha value is -1.63. The van der Waals surface area contributed by atoms with E-state index >= 15 is 0 Å². The summed E-state index contributed by atoms with van der Waals surface area (Å²) >= 11 is 0. The van der Waals surface area contributed by atoms with Crippen LogP contribution in [0.2, 0.25) is 0 Å². The summed E-state index contributed by atoms with van der Waals surface area (Å²) < 4.78 is 30.6. The minimum Gasteiger partial charge on any atom is -0.256 e. The molecule has 1 aromatic carbocycles. The van der Waals surface area contributed by atoms with Gasteiger partial charge in [0.1, 0.15) is 0 Å². The Kier molecular flexibility index (Phi) is 1.92. The van der Waals surface area contributed by atoms with Crippen molar-refractivity contribution in [3.8, 4) is 11.3 Å². The highest BCUT2D eigenvalue weighted by atomic mass is 14.7. The second-order valence-electron chi connectivity index (χ2n) is 3.87. The molecule has 0 N–H and O–H groups in total. The topological polar surface area (TPSA) is 12.9 Å². The van der Waals surface area contributed by atoms with Crippen LogP contribution in [0.25, 0.3) is 11.3 Å². The second-order valence-corrected chi connectivity index (χ2v) is 3.87. The molecule has 1 aromatic heterocycles. The Morgan fingerprint density at radius 3 is 2.81 bits per heavy atom. The van der Waals surface area contributed by atoms with Crippen LogP contribution in [-0.4, -0.2) is 4.98 Å². The van der Waals surface area contributed by atoms with E-state index in [0.717, 1.165) is 16.8 Å². The summed E-state index contributed by atoms with van der Waals surface area (Å²) in [7, 11) is 0. The van der Waals surface area contributed by atoms with Gasteiger partial charge in [0.15, 0.2) is 0 Å². The highest BCUT2D eigenvalue weighted by molar-refractivity contribution is 5.63. The first-order valence-corrected chi connectivity index (χ1v) is 5.26. The molecule has 82 valence electrons. The molecule has 0 saturated heterocycles. The van der Waals surface area contributed by atoms with Crippen LogP contribution in [0.15, 0.2) is 42.6 Å². The second kappa shape index (κ2) is 4.48. The van der Waals surface area contributed by atoms with Crippen molar-refractivity contribution in [1.29, 1.82) is 0 Å². The molecule has 0 saturated carbocycles. The lowest BCUT2D eigenvalue weighted by atomic mass is 9.96. The van der Waals surface area contributed by atoms with Gasteiger partial charge in [-0.15, -0.1) is 0 Å². The molecule has 16 heavy (non-hydrogen) atoms. The predicted molar refractivity (Wildman–Crippen MR) is 68.5 cm³/mol. The quantitative estimate of drug-likeness (QED) is 0.732. The van der Waals surface area contributed by atoms with Crippen LogP contribution in [0.1, 0.15) is 36.3 Å². The van der Waals surface area contributed by atoms with Crippen molar-refractivity contribution >= 4 is 0 Å². The average molecular weight is 215 g/mol. The highest BCUT2D eigenvalue weighted by Gasteiger charge is 2.05. The Balaban J connectivity index is 2.46. The van der Waals surface area contributed by atoms with Gasteiger partial charge in [0.05, 0.1) is 5.69 Å². The van der Waals surface area contributed by atoms with E-state index in [1.54, 1.807) is 18.3 Å². The molecule has 0 amide bonds. The minimum atomic E-state index is -2.36. The summed E-state index contributed by atoms with van der Waals surface area (Å²) in [5, 5.41) is 0. The van der Waals surface area contributed by atoms with Crippen molar-refractivity contribution in [2.75, 3.05) is 0 Å². The van der Waals surface area contributed by atoms with Gasteiger partial charge < -0.3 is 0 Å². The van der Waals surface area contributed by atoms with Crippen LogP contribution in [0.4, 0.5) is 0 Å². The van der Waals surface area contributed by atoms with E-state index in [-0.39, 0.29) is 0 Å². The van der Waals surface area contributed by atoms with E-state index in [0.29, 0.717) is 5.56 Å². The molecule has 2 rings (SSSR count). The Morgan fingerprint density at radius 1 is 1.31 bits per heavy atom. The molecule has 1 unspecified atom stereocenters. The molecular formula is C15H17N. The van der Waals surface area contributed by atoms with Crippen molar-refractivity contribution < 1.29 is 5.48 Å². The molecule has 0 aliphatic heterocycles. The number of aromatic nitrogens is 1. The predicted octanol–water partition coefficient (Wildman–Crippen LogP) is 4.18. The zero-order valence-corrected chi connectivity index (χ0v) is 9.49. The normalized spacial score (nSPS) is 18.9. The Morgan fingerprint density at radius 2 is 2.19 bits per heavy atom. The van der Waals surface area contributed by atoms with Gasteiger partial charge >= 0.3 is 0 Å². The smallest absolute Gasteiger partial charge is 0.0704 e. The maximum Gasteiger partial charge on any atom is 0.0704 e. The van der Waals surface area contributed by atoms with Gasteiger partial charge in [-0.3, -0.25) is 4.98 Å². The number of nitrogens with zero attached hydrogens (tertiary/aromatic N) is 1. The third-order valence-corrected chi connectivity index (χ3v) is 2.60. The van der Waals surface area contributed by atoms with Crippen LogP contribution in [0.3, 0.4) is 0 Å². The number of hydrogen-bond acceptors (Lipinski definition) is 1. The summed E-state index contributed by atoms with van der Waals surface area (Å²) in [4.78, 5) is 4.29.